The quantitative estimate of drug-likeness (QED) is 0.756. The summed E-state index contributed by atoms with van der Waals surface area (Å²) in [6, 6.07) is 7.88. The first-order valence-corrected chi connectivity index (χ1v) is 11.1. The molecule has 3 heterocycles. The lowest BCUT2D eigenvalue weighted by Crippen LogP contribution is -2.53. The number of nitrogens with zero attached hydrogens (tertiary/aromatic N) is 3. The predicted molar refractivity (Wildman–Crippen MR) is 112 cm³/mol. The molecule has 0 aromatic heterocycles. The van der Waals surface area contributed by atoms with Crippen molar-refractivity contribution in [1.29, 1.82) is 0 Å². The maximum absolute atomic E-state index is 13.0. The highest BCUT2D eigenvalue weighted by molar-refractivity contribution is 5.95. The fourth-order valence-corrected chi connectivity index (χ4v) is 4.89. The van der Waals surface area contributed by atoms with E-state index in [2.05, 4.69) is 0 Å². The summed E-state index contributed by atoms with van der Waals surface area (Å²) in [5.74, 6) is 0.337. The van der Waals surface area contributed by atoms with Gasteiger partial charge in [-0.2, -0.15) is 0 Å². The van der Waals surface area contributed by atoms with Crippen molar-refractivity contribution in [2.24, 2.45) is 5.92 Å². The van der Waals surface area contributed by atoms with E-state index in [1.54, 1.807) is 0 Å². The molecule has 3 aliphatic rings. The Morgan fingerprint density at radius 1 is 0.933 bits per heavy atom. The molecule has 0 N–H and O–H groups in total. The minimum Gasteiger partial charge on any atom is -0.370 e. The Balaban J connectivity index is 1.26. The average Bonchev–Trinajstić information content (AvgIpc) is 2.79. The fraction of sp³-hybridized carbons (Fsp3) is 0.609. The van der Waals surface area contributed by atoms with Crippen molar-refractivity contribution >= 4 is 17.7 Å². The molecule has 7 heteroatoms. The SMILES string of the molecule is Cc1ccccc1C(=O)N1CCC(C(=O)N2CCC(N3CCOCC3=O)CC2)CC1. The van der Waals surface area contributed by atoms with Gasteiger partial charge < -0.3 is 19.4 Å². The monoisotopic (exact) mass is 413 g/mol. The third-order valence-electron chi connectivity index (χ3n) is 6.75. The number of rotatable bonds is 3. The molecule has 0 unspecified atom stereocenters. The van der Waals surface area contributed by atoms with Crippen molar-refractivity contribution in [1.82, 2.24) is 14.7 Å². The summed E-state index contributed by atoms with van der Waals surface area (Å²) in [4.78, 5) is 43.7. The van der Waals surface area contributed by atoms with Crippen molar-refractivity contribution < 1.29 is 19.1 Å². The van der Waals surface area contributed by atoms with Gasteiger partial charge in [0, 0.05) is 50.2 Å². The highest BCUT2D eigenvalue weighted by Crippen LogP contribution is 2.25. The Hall–Kier alpha value is -2.41. The summed E-state index contributed by atoms with van der Waals surface area (Å²) >= 11 is 0. The van der Waals surface area contributed by atoms with E-state index < -0.39 is 0 Å². The smallest absolute Gasteiger partial charge is 0.254 e. The molecule has 1 aromatic carbocycles. The minimum absolute atomic E-state index is 0.00695. The van der Waals surface area contributed by atoms with E-state index in [9.17, 15) is 14.4 Å². The van der Waals surface area contributed by atoms with Gasteiger partial charge in [-0.3, -0.25) is 14.4 Å². The van der Waals surface area contributed by atoms with Crippen LogP contribution in [0.4, 0.5) is 0 Å². The molecule has 0 bridgehead atoms. The Kier molecular flexibility index (Phi) is 6.37. The molecule has 3 amide bonds. The number of benzene rings is 1. The number of amides is 3. The number of carbonyl (C=O) groups is 3. The predicted octanol–water partition coefficient (Wildman–Crippen LogP) is 1.70. The summed E-state index contributed by atoms with van der Waals surface area (Å²) < 4.78 is 5.22. The van der Waals surface area contributed by atoms with E-state index in [-0.39, 0.29) is 36.3 Å². The van der Waals surface area contributed by atoms with E-state index in [1.807, 2.05) is 45.9 Å². The molecule has 0 saturated carbocycles. The van der Waals surface area contributed by atoms with Crippen LogP contribution in [-0.2, 0) is 14.3 Å². The van der Waals surface area contributed by atoms with Crippen LogP contribution >= 0.6 is 0 Å². The number of aryl methyl sites for hydroxylation is 1. The van der Waals surface area contributed by atoms with Crippen molar-refractivity contribution in [2.75, 3.05) is 45.9 Å². The van der Waals surface area contributed by atoms with Gasteiger partial charge in [-0.25, -0.2) is 0 Å². The lowest BCUT2D eigenvalue weighted by molar-refractivity contribution is -0.148. The zero-order valence-electron chi connectivity index (χ0n) is 17.7. The van der Waals surface area contributed by atoms with Gasteiger partial charge in [0.05, 0.1) is 6.61 Å². The van der Waals surface area contributed by atoms with Crippen molar-refractivity contribution in [3.63, 3.8) is 0 Å². The number of ether oxygens (including phenoxy) is 1. The first-order valence-electron chi connectivity index (χ1n) is 11.1. The largest absolute Gasteiger partial charge is 0.370 e. The molecule has 7 nitrogen and oxygen atoms in total. The minimum atomic E-state index is -0.00695. The molecule has 3 fully saturated rings. The summed E-state index contributed by atoms with van der Waals surface area (Å²) in [7, 11) is 0. The van der Waals surface area contributed by atoms with Gasteiger partial charge in [0.25, 0.3) is 5.91 Å². The molecule has 3 saturated heterocycles. The van der Waals surface area contributed by atoms with E-state index in [0.29, 0.717) is 39.3 Å². The van der Waals surface area contributed by atoms with Crippen LogP contribution in [0.5, 0.6) is 0 Å². The average molecular weight is 414 g/mol. The number of piperidine rings is 2. The lowest BCUT2D eigenvalue weighted by atomic mass is 9.93. The van der Waals surface area contributed by atoms with Gasteiger partial charge >= 0.3 is 0 Å². The number of carbonyl (C=O) groups excluding carboxylic acids is 3. The Bertz CT molecular complexity index is 795. The number of likely N-dealkylation sites (tertiary alicyclic amines) is 2. The molecule has 162 valence electrons. The molecule has 0 aliphatic carbocycles. The maximum atomic E-state index is 13.0. The van der Waals surface area contributed by atoms with Crippen LogP contribution in [-0.4, -0.2) is 84.4 Å². The second-order valence-corrected chi connectivity index (χ2v) is 8.58. The van der Waals surface area contributed by atoms with Crippen LogP contribution in [0, 0.1) is 12.8 Å². The third kappa shape index (κ3) is 4.36. The van der Waals surface area contributed by atoms with Crippen molar-refractivity contribution in [3.8, 4) is 0 Å². The van der Waals surface area contributed by atoms with Crippen LogP contribution in [0.3, 0.4) is 0 Å². The van der Waals surface area contributed by atoms with Crippen LogP contribution in [0.2, 0.25) is 0 Å². The summed E-state index contributed by atoms with van der Waals surface area (Å²) in [5.41, 5.74) is 1.74. The molecule has 3 aliphatic heterocycles. The van der Waals surface area contributed by atoms with E-state index in [4.69, 9.17) is 4.74 Å². The van der Waals surface area contributed by atoms with Crippen LogP contribution in [0.15, 0.2) is 24.3 Å². The van der Waals surface area contributed by atoms with E-state index in [1.165, 1.54) is 0 Å². The highest BCUT2D eigenvalue weighted by atomic mass is 16.5. The van der Waals surface area contributed by atoms with Crippen molar-refractivity contribution in [3.05, 3.63) is 35.4 Å². The fourth-order valence-electron chi connectivity index (χ4n) is 4.89. The van der Waals surface area contributed by atoms with Crippen LogP contribution < -0.4 is 0 Å². The Morgan fingerprint density at radius 3 is 2.27 bits per heavy atom. The Labute approximate surface area is 177 Å². The van der Waals surface area contributed by atoms with Gasteiger partial charge in [0.15, 0.2) is 0 Å². The second-order valence-electron chi connectivity index (χ2n) is 8.58. The molecule has 4 rings (SSSR count). The van der Waals surface area contributed by atoms with Crippen molar-refractivity contribution in [2.45, 2.75) is 38.6 Å². The molecule has 0 radical (unpaired) electrons. The van der Waals surface area contributed by atoms with E-state index >= 15 is 0 Å². The second kappa shape index (κ2) is 9.16. The van der Waals surface area contributed by atoms with Gasteiger partial charge in [0.2, 0.25) is 11.8 Å². The highest BCUT2D eigenvalue weighted by Gasteiger charge is 2.35. The summed E-state index contributed by atoms with van der Waals surface area (Å²) in [6.45, 7) is 6.06. The topological polar surface area (TPSA) is 70.2 Å². The zero-order valence-corrected chi connectivity index (χ0v) is 17.7. The first kappa shape index (κ1) is 20.8. The molecular formula is C23H31N3O4. The molecule has 0 spiro atoms. The van der Waals surface area contributed by atoms with Gasteiger partial charge in [-0.15, -0.1) is 0 Å². The Morgan fingerprint density at radius 2 is 1.60 bits per heavy atom. The van der Waals surface area contributed by atoms with Gasteiger partial charge in [-0.1, -0.05) is 18.2 Å². The van der Waals surface area contributed by atoms with E-state index in [0.717, 1.165) is 36.8 Å². The van der Waals surface area contributed by atoms with Crippen LogP contribution in [0.1, 0.15) is 41.6 Å². The summed E-state index contributed by atoms with van der Waals surface area (Å²) in [6.07, 6.45) is 3.11. The van der Waals surface area contributed by atoms with Gasteiger partial charge in [-0.05, 0) is 44.2 Å². The first-order chi connectivity index (χ1) is 14.5. The number of morpholine rings is 1. The third-order valence-corrected chi connectivity index (χ3v) is 6.75. The normalized spacial score (nSPS) is 21.8. The molecule has 0 atom stereocenters. The molecule has 1 aromatic rings. The zero-order chi connectivity index (χ0) is 21.1. The summed E-state index contributed by atoms with van der Waals surface area (Å²) in [5, 5.41) is 0. The maximum Gasteiger partial charge on any atom is 0.254 e. The van der Waals surface area contributed by atoms with Crippen LogP contribution in [0.25, 0.3) is 0 Å². The molecular weight excluding hydrogens is 382 g/mol. The molecule has 30 heavy (non-hydrogen) atoms. The standard InChI is InChI=1S/C23H31N3O4/c1-17-4-2-3-5-20(17)23(29)25-10-6-18(7-11-25)22(28)24-12-8-19(9-13-24)26-14-15-30-16-21(26)27/h2-5,18-19H,6-16H2,1H3. The number of hydrogen-bond acceptors (Lipinski definition) is 4. The number of hydrogen-bond donors (Lipinski definition) is 0. The lowest BCUT2D eigenvalue weighted by Gasteiger charge is -2.41. The van der Waals surface area contributed by atoms with Gasteiger partial charge in [0.1, 0.15) is 6.61 Å².